The summed E-state index contributed by atoms with van der Waals surface area (Å²) in [5, 5.41) is 3.10. The minimum Gasteiger partial charge on any atom is -0.313 e. The Morgan fingerprint density at radius 2 is 1.67 bits per heavy atom. The van der Waals surface area contributed by atoms with E-state index in [0.29, 0.717) is 19.6 Å². The zero-order chi connectivity index (χ0) is 11.5. The van der Waals surface area contributed by atoms with Crippen molar-refractivity contribution in [2.24, 2.45) is 0 Å². The van der Waals surface area contributed by atoms with Gasteiger partial charge in [0.25, 0.3) is 10.2 Å². The summed E-state index contributed by atoms with van der Waals surface area (Å²) in [5.74, 6) is 0. The minimum absolute atomic E-state index is 0.139. The van der Waals surface area contributed by atoms with Crippen molar-refractivity contribution in [3.63, 3.8) is 0 Å². The van der Waals surface area contributed by atoms with Gasteiger partial charge in [-0.05, 0) is 0 Å². The SMILES string of the molecule is CCN(CC)S(=O)(=O)N(CC)C1CNC1. The second-order valence-electron chi connectivity index (χ2n) is 3.61. The topological polar surface area (TPSA) is 52.7 Å². The van der Waals surface area contributed by atoms with Crippen LogP contribution in [-0.4, -0.2) is 55.8 Å². The lowest BCUT2D eigenvalue weighted by atomic mass is 10.2. The van der Waals surface area contributed by atoms with Crippen LogP contribution in [0.1, 0.15) is 20.8 Å². The van der Waals surface area contributed by atoms with E-state index in [-0.39, 0.29) is 6.04 Å². The summed E-state index contributed by atoms with van der Waals surface area (Å²) in [7, 11) is -3.25. The van der Waals surface area contributed by atoms with E-state index >= 15 is 0 Å². The summed E-state index contributed by atoms with van der Waals surface area (Å²) in [5.41, 5.74) is 0. The van der Waals surface area contributed by atoms with E-state index in [1.807, 2.05) is 20.8 Å². The van der Waals surface area contributed by atoms with Gasteiger partial charge in [0.05, 0.1) is 6.04 Å². The highest BCUT2D eigenvalue weighted by Crippen LogP contribution is 2.14. The van der Waals surface area contributed by atoms with Crippen LogP contribution in [0.25, 0.3) is 0 Å². The largest absolute Gasteiger partial charge is 0.313 e. The Balaban J connectivity index is 2.80. The molecule has 1 aliphatic heterocycles. The first-order valence-electron chi connectivity index (χ1n) is 5.55. The van der Waals surface area contributed by atoms with Gasteiger partial charge >= 0.3 is 0 Å². The summed E-state index contributed by atoms with van der Waals surface area (Å²) < 4.78 is 27.5. The molecule has 1 fully saturated rings. The maximum atomic E-state index is 12.2. The van der Waals surface area contributed by atoms with Crippen LogP contribution in [0.2, 0.25) is 0 Å². The Kier molecular flexibility index (Phi) is 4.51. The fraction of sp³-hybridized carbons (Fsp3) is 1.00. The van der Waals surface area contributed by atoms with E-state index < -0.39 is 10.2 Å². The molecule has 5 nitrogen and oxygen atoms in total. The zero-order valence-electron chi connectivity index (χ0n) is 9.73. The van der Waals surface area contributed by atoms with Crippen molar-refractivity contribution < 1.29 is 8.42 Å². The minimum atomic E-state index is -3.25. The monoisotopic (exact) mass is 235 g/mol. The number of hydrogen-bond donors (Lipinski definition) is 1. The second-order valence-corrected chi connectivity index (χ2v) is 5.49. The highest BCUT2D eigenvalue weighted by atomic mass is 32.2. The average Bonchev–Trinajstić information content (AvgIpc) is 2.12. The third-order valence-electron chi connectivity index (χ3n) is 2.81. The van der Waals surface area contributed by atoms with Crippen molar-refractivity contribution >= 4 is 10.2 Å². The van der Waals surface area contributed by atoms with Crippen LogP contribution in [0.3, 0.4) is 0 Å². The van der Waals surface area contributed by atoms with E-state index in [9.17, 15) is 8.42 Å². The van der Waals surface area contributed by atoms with Crippen molar-refractivity contribution in [1.29, 1.82) is 0 Å². The molecule has 15 heavy (non-hydrogen) atoms. The first kappa shape index (κ1) is 12.9. The third kappa shape index (κ3) is 2.50. The first-order valence-corrected chi connectivity index (χ1v) is 6.95. The van der Waals surface area contributed by atoms with E-state index in [4.69, 9.17) is 0 Å². The number of hydrogen-bond acceptors (Lipinski definition) is 3. The van der Waals surface area contributed by atoms with Gasteiger partial charge in [0.1, 0.15) is 0 Å². The molecule has 0 aromatic rings. The highest BCUT2D eigenvalue weighted by Gasteiger charge is 2.35. The van der Waals surface area contributed by atoms with E-state index in [1.54, 1.807) is 4.31 Å². The Labute approximate surface area is 92.6 Å². The molecular weight excluding hydrogens is 214 g/mol. The Morgan fingerprint density at radius 1 is 1.13 bits per heavy atom. The molecule has 0 amide bonds. The zero-order valence-corrected chi connectivity index (χ0v) is 10.5. The van der Waals surface area contributed by atoms with Crippen molar-refractivity contribution in [3.05, 3.63) is 0 Å². The van der Waals surface area contributed by atoms with Crippen molar-refractivity contribution in [2.45, 2.75) is 26.8 Å². The Morgan fingerprint density at radius 3 is 1.93 bits per heavy atom. The second kappa shape index (κ2) is 5.25. The van der Waals surface area contributed by atoms with Gasteiger partial charge in [0, 0.05) is 32.7 Å². The standard InChI is InChI=1S/C9H21N3O2S/c1-4-11(5-2)15(13,14)12(6-3)9-7-10-8-9/h9-10H,4-8H2,1-3H3. The number of rotatable bonds is 6. The van der Waals surface area contributed by atoms with Crippen LogP contribution >= 0.6 is 0 Å². The summed E-state index contributed by atoms with van der Waals surface area (Å²) in [6.45, 7) is 8.79. The fourth-order valence-electron chi connectivity index (χ4n) is 1.79. The summed E-state index contributed by atoms with van der Waals surface area (Å²) in [6, 6.07) is 0.139. The van der Waals surface area contributed by atoms with Crippen molar-refractivity contribution in [2.75, 3.05) is 32.7 Å². The summed E-state index contributed by atoms with van der Waals surface area (Å²) in [6.07, 6.45) is 0. The van der Waals surface area contributed by atoms with Gasteiger partial charge in [-0.15, -0.1) is 0 Å². The molecule has 0 aromatic heterocycles. The lowest BCUT2D eigenvalue weighted by Crippen LogP contribution is -2.61. The smallest absolute Gasteiger partial charge is 0.282 e. The molecule has 1 saturated heterocycles. The lowest BCUT2D eigenvalue weighted by molar-refractivity contribution is 0.232. The quantitative estimate of drug-likeness (QED) is 0.697. The number of nitrogens with one attached hydrogen (secondary N) is 1. The van der Waals surface area contributed by atoms with Gasteiger partial charge in [0.15, 0.2) is 0 Å². The van der Waals surface area contributed by atoms with Crippen molar-refractivity contribution in [1.82, 2.24) is 13.9 Å². The molecule has 1 heterocycles. The molecule has 0 radical (unpaired) electrons. The predicted molar refractivity (Wildman–Crippen MR) is 60.9 cm³/mol. The summed E-state index contributed by atoms with van der Waals surface area (Å²) in [4.78, 5) is 0. The third-order valence-corrected chi connectivity index (χ3v) is 5.12. The molecular formula is C9H21N3O2S. The van der Waals surface area contributed by atoms with Crippen LogP contribution in [0.15, 0.2) is 0 Å². The normalized spacial score (nSPS) is 18.5. The van der Waals surface area contributed by atoms with Gasteiger partial charge in [-0.2, -0.15) is 17.0 Å². The van der Waals surface area contributed by atoms with Crippen LogP contribution in [-0.2, 0) is 10.2 Å². The molecule has 0 aromatic carbocycles. The molecule has 6 heteroatoms. The fourth-order valence-corrected chi connectivity index (χ4v) is 3.59. The molecule has 0 atom stereocenters. The first-order chi connectivity index (χ1) is 7.07. The van der Waals surface area contributed by atoms with Crippen LogP contribution in [0, 0.1) is 0 Å². The van der Waals surface area contributed by atoms with Crippen LogP contribution in [0.4, 0.5) is 0 Å². The average molecular weight is 235 g/mol. The van der Waals surface area contributed by atoms with Crippen LogP contribution in [0.5, 0.6) is 0 Å². The van der Waals surface area contributed by atoms with Gasteiger partial charge in [-0.1, -0.05) is 20.8 Å². The maximum absolute atomic E-state index is 12.2. The Bertz CT molecular complexity index is 284. The van der Waals surface area contributed by atoms with Gasteiger partial charge < -0.3 is 5.32 Å². The summed E-state index contributed by atoms with van der Waals surface area (Å²) >= 11 is 0. The van der Waals surface area contributed by atoms with Crippen molar-refractivity contribution in [3.8, 4) is 0 Å². The molecule has 1 rings (SSSR count). The van der Waals surface area contributed by atoms with Crippen LogP contribution < -0.4 is 5.32 Å². The molecule has 90 valence electrons. The maximum Gasteiger partial charge on any atom is 0.282 e. The van der Waals surface area contributed by atoms with E-state index in [0.717, 1.165) is 13.1 Å². The van der Waals surface area contributed by atoms with Gasteiger partial charge in [0.2, 0.25) is 0 Å². The highest BCUT2D eigenvalue weighted by molar-refractivity contribution is 7.86. The van der Waals surface area contributed by atoms with E-state index in [1.165, 1.54) is 4.31 Å². The lowest BCUT2D eigenvalue weighted by Gasteiger charge is -2.38. The molecule has 1 N–H and O–H groups in total. The molecule has 0 aliphatic carbocycles. The Hall–Kier alpha value is -0.170. The molecule has 0 saturated carbocycles. The molecule has 0 unspecified atom stereocenters. The number of nitrogens with zero attached hydrogens (tertiary/aromatic N) is 2. The van der Waals surface area contributed by atoms with Gasteiger partial charge in [-0.25, -0.2) is 0 Å². The number of likely N-dealkylation sites (N-methyl/N-ethyl adjacent to an activating group) is 1. The molecule has 1 aliphatic rings. The van der Waals surface area contributed by atoms with Gasteiger partial charge in [-0.3, -0.25) is 0 Å². The van der Waals surface area contributed by atoms with E-state index in [2.05, 4.69) is 5.32 Å². The predicted octanol–water partition coefficient (Wildman–Crippen LogP) is -0.133. The molecule has 0 spiro atoms. The molecule has 0 bridgehead atoms.